The third-order valence-electron chi connectivity index (χ3n) is 3.47. The standard InChI is InChI=1S/C15H20N2O4/c1-2-21-15(20)12-3-5-13(6-4-12)17-9-7-16(8-10-17)11-14(18)19/h3-6H,2,7-11H2,1H3,(H,18,19). The lowest BCUT2D eigenvalue weighted by Gasteiger charge is -2.35. The van der Waals surface area contributed by atoms with Gasteiger partial charge in [-0.3, -0.25) is 9.69 Å². The van der Waals surface area contributed by atoms with Crippen LogP contribution in [0, 0.1) is 0 Å². The van der Waals surface area contributed by atoms with Crippen molar-refractivity contribution >= 4 is 17.6 Å². The Bertz CT molecular complexity index is 493. The molecule has 6 heteroatoms. The van der Waals surface area contributed by atoms with Crippen LogP contribution in [0.5, 0.6) is 0 Å². The molecule has 1 saturated heterocycles. The van der Waals surface area contributed by atoms with Gasteiger partial charge in [0, 0.05) is 31.9 Å². The largest absolute Gasteiger partial charge is 0.480 e. The highest BCUT2D eigenvalue weighted by Crippen LogP contribution is 2.17. The number of carboxylic acids is 1. The van der Waals surface area contributed by atoms with Crippen molar-refractivity contribution in [2.75, 3.05) is 44.2 Å². The quantitative estimate of drug-likeness (QED) is 0.819. The first-order chi connectivity index (χ1) is 10.1. The van der Waals surface area contributed by atoms with Gasteiger partial charge in [-0.2, -0.15) is 0 Å². The second kappa shape index (κ2) is 7.08. The van der Waals surface area contributed by atoms with E-state index in [1.54, 1.807) is 19.1 Å². The van der Waals surface area contributed by atoms with Crippen molar-refractivity contribution in [3.05, 3.63) is 29.8 Å². The van der Waals surface area contributed by atoms with Crippen molar-refractivity contribution in [2.45, 2.75) is 6.92 Å². The lowest BCUT2D eigenvalue weighted by Crippen LogP contribution is -2.47. The van der Waals surface area contributed by atoms with Gasteiger partial charge in [0.15, 0.2) is 0 Å². The molecule has 21 heavy (non-hydrogen) atoms. The lowest BCUT2D eigenvalue weighted by atomic mass is 10.2. The Morgan fingerprint density at radius 3 is 2.29 bits per heavy atom. The number of carboxylic acid groups (broad SMARTS) is 1. The highest BCUT2D eigenvalue weighted by molar-refractivity contribution is 5.89. The molecule has 0 aliphatic carbocycles. The Morgan fingerprint density at radius 1 is 1.14 bits per heavy atom. The molecular formula is C15H20N2O4. The van der Waals surface area contributed by atoms with Crippen molar-refractivity contribution in [3.8, 4) is 0 Å². The van der Waals surface area contributed by atoms with E-state index in [4.69, 9.17) is 9.84 Å². The summed E-state index contributed by atoms with van der Waals surface area (Å²) in [7, 11) is 0. The minimum atomic E-state index is -0.790. The van der Waals surface area contributed by atoms with Crippen molar-refractivity contribution < 1.29 is 19.4 Å². The molecule has 1 fully saturated rings. The van der Waals surface area contributed by atoms with Crippen LogP contribution in [0.3, 0.4) is 0 Å². The number of hydrogen-bond donors (Lipinski definition) is 1. The Balaban J connectivity index is 1.92. The molecule has 1 N–H and O–H groups in total. The molecule has 2 rings (SSSR count). The summed E-state index contributed by atoms with van der Waals surface area (Å²) in [6.07, 6.45) is 0. The van der Waals surface area contributed by atoms with Gasteiger partial charge in [-0.15, -0.1) is 0 Å². The van der Waals surface area contributed by atoms with Crippen LogP contribution in [0.2, 0.25) is 0 Å². The van der Waals surface area contributed by atoms with Crippen LogP contribution in [0.4, 0.5) is 5.69 Å². The summed E-state index contributed by atoms with van der Waals surface area (Å²) in [6, 6.07) is 7.33. The van der Waals surface area contributed by atoms with Crippen molar-refractivity contribution in [1.82, 2.24) is 4.90 Å². The molecule has 1 heterocycles. The predicted molar refractivity (Wildman–Crippen MR) is 78.7 cm³/mol. The number of rotatable bonds is 5. The summed E-state index contributed by atoms with van der Waals surface area (Å²) in [6.45, 7) is 5.26. The first-order valence-electron chi connectivity index (χ1n) is 7.06. The summed E-state index contributed by atoms with van der Waals surface area (Å²) in [4.78, 5) is 26.4. The Morgan fingerprint density at radius 2 is 1.76 bits per heavy atom. The fourth-order valence-electron chi connectivity index (χ4n) is 2.38. The molecule has 1 aromatic rings. The fourth-order valence-corrected chi connectivity index (χ4v) is 2.38. The number of aliphatic carboxylic acids is 1. The highest BCUT2D eigenvalue weighted by Gasteiger charge is 2.19. The number of piperazine rings is 1. The van der Waals surface area contributed by atoms with E-state index in [0.29, 0.717) is 12.2 Å². The minimum absolute atomic E-state index is 0.0929. The second-order valence-corrected chi connectivity index (χ2v) is 4.92. The number of anilines is 1. The molecule has 6 nitrogen and oxygen atoms in total. The molecule has 0 bridgehead atoms. The zero-order valence-electron chi connectivity index (χ0n) is 12.1. The number of nitrogens with zero attached hydrogens (tertiary/aromatic N) is 2. The number of ether oxygens (including phenoxy) is 1. The fraction of sp³-hybridized carbons (Fsp3) is 0.467. The first-order valence-corrected chi connectivity index (χ1v) is 7.06. The summed E-state index contributed by atoms with van der Waals surface area (Å²) in [5, 5.41) is 8.78. The Kier molecular flexibility index (Phi) is 5.16. The zero-order chi connectivity index (χ0) is 15.2. The number of benzene rings is 1. The van der Waals surface area contributed by atoms with Crippen LogP contribution in [0.25, 0.3) is 0 Å². The zero-order valence-corrected chi connectivity index (χ0v) is 12.1. The van der Waals surface area contributed by atoms with Gasteiger partial charge in [0.25, 0.3) is 0 Å². The summed E-state index contributed by atoms with van der Waals surface area (Å²) >= 11 is 0. The minimum Gasteiger partial charge on any atom is -0.480 e. The third-order valence-corrected chi connectivity index (χ3v) is 3.47. The smallest absolute Gasteiger partial charge is 0.338 e. The van der Waals surface area contributed by atoms with E-state index in [1.165, 1.54) is 0 Å². The van der Waals surface area contributed by atoms with Crippen LogP contribution >= 0.6 is 0 Å². The van der Waals surface area contributed by atoms with Crippen molar-refractivity contribution in [1.29, 1.82) is 0 Å². The van der Waals surface area contributed by atoms with Crippen LogP contribution in [0.15, 0.2) is 24.3 Å². The van der Waals surface area contributed by atoms with Crippen molar-refractivity contribution in [2.24, 2.45) is 0 Å². The maximum Gasteiger partial charge on any atom is 0.338 e. The molecule has 0 radical (unpaired) electrons. The average molecular weight is 292 g/mol. The molecule has 0 amide bonds. The van der Waals surface area contributed by atoms with Gasteiger partial charge in [-0.1, -0.05) is 0 Å². The normalized spacial score (nSPS) is 15.8. The van der Waals surface area contributed by atoms with E-state index in [2.05, 4.69) is 4.90 Å². The van der Waals surface area contributed by atoms with Crippen molar-refractivity contribution in [3.63, 3.8) is 0 Å². The van der Waals surface area contributed by atoms with E-state index in [9.17, 15) is 9.59 Å². The molecule has 0 saturated carbocycles. The van der Waals surface area contributed by atoms with Gasteiger partial charge >= 0.3 is 11.9 Å². The SMILES string of the molecule is CCOC(=O)c1ccc(N2CCN(CC(=O)O)CC2)cc1. The monoisotopic (exact) mass is 292 g/mol. The molecule has 1 aromatic carbocycles. The van der Waals surface area contributed by atoms with E-state index in [0.717, 1.165) is 31.9 Å². The lowest BCUT2D eigenvalue weighted by molar-refractivity contribution is -0.138. The Labute approximate surface area is 123 Å². The van der Waals surface area contributed by atoms with Gasteiger partial charge in [0.05, 0.1) is 18.7 Å². The van der Waals surface area contributed by atoms with Gasteiger partial charge < -0.3 is 14.7 Å². The number of esters is 1. The van der Waals surface area contributed by atoms with Crippen LogP contribution in [-0.4, -0.2) is 61.3 Å². The van der Waals surface area contributed by atoms with Crippen LogP contribution in [-0.2, 0) is 9.53 Å². The predicted octanol–water partition coefficient (Wildman–Crippen LogP) is 1.07. The molecule has 114 valence electrons. The van der Waals surface area contributed by atoms with E-state index >= 15 is 0 Å². The summed E-state index contributed by atoms with van der Waals surface area (Å²) < 4.78 is 4.95. The molecule has 0 unspecified atom stereocenters. The summed E-state index contributed by atoms with van der Waals surface area (Å²) in [5.74, 6) is -1.10. The molecule has 1 aliphatic rings. The topological polar surface area (TPSA) is 70.1 Å². The van der Waals surface area contributed by atoms with E-state index in [-0.39, 0.29) is 12.5 Å². The van der Waals surface area contributed by atoms with Gasteiger partial charge in [-0.05, 0) is 31.2 Å². The number of carbonyl (C=O) groups is 2. The Hall–Kier alpha value is -2.08. The van der Waals surface area contributed by atoms with Crippen LogP contribution < -0.4 is 4.90 Å². The molecular weight excluding hydrogens is 272 g/mol. The molecule has 1 aliphatic heterocycles. The van der Waals surface area contributed by atoms with E-state index in [1.807, 2.05) is 17.0 Å². The van der Waals surface area contributed by atoms with Gasteiger partial charge in [0.1, 0.15) is 0 Å². The second-order valence-electron chi connectivity index (χ2n) is 4.92. The molecule has 0 spiro atoms. The highest BCUT2D eigenvalue weighted by atomic mass is 16.5. The molecule has 0 atom stereocenters. The van der Waals surface area contributed by atoms with Gasteiger partial charge in [-0.25, -0.2) is 4.79 Å². The van der Waals surface area contributed by atoms with E-state index < -0.39 is 5.97 Å². The average Bonchev–Trinajstić information content (AvgIpc) is 2.48. The number of hydrogen-bond acceptors (Lipinski definition) is 5. The molecule has 0 aromatic heterocycles. The van der Waals surface area contributed by atoms with Gasteiger partial charge in [0.2, 0.25) is 0 Å². The summed E-state index contributed by atoms with van der Waals surface area (Å²) in [5.41, 5.74) is 1.59. The third kappa shape index (κ3) is 4.19. The number of carbonyl (C=O) groups excluding carboxylic acids is 1. The first kappa shape index (κ1) is 15.3. The maximum atomic E-state index is 11.6. The maximum absolute atomic E-state index is 11.6. The van der Waals surface area contributed by atoms with Crippen LogP contribution in [0.1, 0.15) is 17.3 Å².